The van der Waals surface area contributed by atoms with Crippen LogP contribution in [0.15, 0.2) is 35.3 Å². The van der Waals surface area contributed by atoms with Crippen LogP contribution in [-0.2, 0) is 0 Å². The number of rotatable bonds is 2. The van der Waals surface area contributed by atoms with Crippen LogP contribution >= 0.6 is 11.8 Å². The number of benzene rings is 1. The summed E-state index contributed by atoms with van der Waals surface area (Å²) in [7, 11) is 2.20. The quantitative estimate of drug-likeness (QED) is 0.899. The van der Waals surface area contributed by atoms with Crippen LogP contribution < -0.4 is 5.32 Å². The lowest BCUT2D eigenvalue weighted by Gasteiger charge is -2.30. The van der Waals surface area contributed by atoms with Crippen molar-refractivity contribution in [2.24, 2.45) is 4.99 Å². The second kappa shape index (κ2) is 5.97. The Morgan fingerprint density at radius 2 is 2.16 bits per heavy atom. The summed E-state index contributed by atoms with van der Waals surface area (Å²) < 4.78 is 0. The average molecular weight is 275 g/mol. The van der Waals surface area contributed by atoms with Crippen LogP contribution in [0.2, 0.25) is 0 Å². The number of likely N-dealkylation sites (N-methyl/N-ethyl adjacent to an activating group) is 1. The maximum absolute atomic E-state index is 4.66. The van der Waals surface area contributed by atoms with E-state index in [4.69, 9.17) is 0 Å². The number of amidine groups is 1. The molecule has 3 nitrogen and oxygen atoms in total. The fourth-order valence-corrected chi connectivity index (χ4v) is 3.85. The molecule has 0 amide bonds. The van der Waals surface area contributed by atoms with Crippen LogP contribution in [0.25, 0.3) is 0 Å². The van der Waals surface area contributed by atoms with Crippen LogP contribution in [0.3, 0.4) is 0 Å². The van der Waals surface area contributed by atoms with Gasteiger partial charge in [0.15, 0.2) is 5.17 Å². The first kappa shape index (κ1) is 13.0. The molecule has 1 fully saturated rings. The highest BCUT2D eigenvalue weighted by Gasteiger charge is 2.24. The summed E-state index contributed by atoms with van der Waals surface area (Å²) >= 11 is 1.88. The maximum Gasteiger partial charge on any atom is 0.157 e. The maximum atomic E-state index is 4.66. The van der Waals surface area contributed by atoms with E-state index in [1.54, 1.807) is 0 Å². The summed E-state index contributed by atoms with van der Waals surface area (Å²) in [6, 6.07) is 11.3. The molecule has 2 aliphatic heterocycles. The van der Waals surface area contributed by atoms with E-state index in [9.17, 15) is 0 Å². The lowest BCUT2D eigenvalue weighted by molar-refractivity contribution is 0.241. The van der Waals surface area contributed by atoms with E-state index in [1.165, 1.54) is 24.9 Å². The van der Waals surface area contributed by atoms with Crippen LogP contribution in [0.1, 0.15) is 23.7 Å². The van der Waals surface area contributed by atoms with E-state index in [2.05, 4.69) is 52.6 Å². The van der Waals surface area contributed by atoms with Crippen molar-refractivity contribution >= 4 is 16.9 Å². The van der Waals surface area contributed by atoms with Crippen molar-refractivity contribution in [3.05, 3.63) is 35.9 Å². The Labute approximate surface area is 119 Å². The molecular weight excluding hydrogens is 254 g/mol. The lowest BCUT2D eigenvalue weighted by Crippen LogP contribution is -2.45. The molecule has 1 aromatic rings. The van der Waals surface area contributed by atoms with Crippen LogP contribution in [0.4, 0.5) is 0 Å². The zero-order chi connectivity index (χ0) is 13.1. The van der Waals surface area contributed by atoms with Gasteiger partial charge in [-0.05, 0) is 32.0 Å². The number of likely N-dealkylation sites (tertiary alicyclic amines) is 1. The molecule has 0 aromatic heterocycles. The van der Waals surface area contributed by atoms with Gasteiger partial charge in [0.1, 0.15) is 0 Å². The Balaban J connectivity index is 1.54. The highest BCUT2D eigenvalue weighted by Crippen LogP contribution is 2.34. The first-order valence-electron chi connectivity index (χ1n) is 7.02. The minimum absolute atomic E-state index is 0.491. The molecule has 0 bridgehead atoms. The van der Waals surface area contributed by atoms with E-state index in [0.717, 1.165) is 18.3 Å². The molecule has 2 heterocycles. The second-order valence-electron chi connectivity index (χ2n) is 5.41. The predicted octanol–water partition coefficient (Wildman–Crippen LogP) is 2.51. The smallest absolute Gasteiger partial charge is 0.157 e. The lowest BCUT2D eigenvalue weighted by atomic mass is 10.1. The summed E-state index contributed by atoms with van der Waals surface area (Å²) in [5, 5.41) is 5.24. The van der Waals surface area contributed by atoms with Gasteiger partial charge in [-0.1, -0.05) is 42.1 Å². The first-order valence-corrected chi connectivity index (χ1v) is 7.90. The monoisotopic (exact) mass is 275 g/mol. The van der Waals surface area contributed by atoms with E-state index >= 15 is 0 Å². The van der Waals surface area contributed by atoms with E-state index in [0.29, 0.717) is 11.3 Å². The summed E-state index contributed by atoms with van der Waals surface area (Å²) in [5.74, 6) is 0. The Morgan fingerprint density at radius 3 is 2.95 bits per heavy atom. The minimum Gasteiger partial charge on any atom is -0.361 e. The molecule has 1 N–H and O–H groups in total. The highest BCUT2D eigenvalue weighted by molar-refractivity contribution is 8.14. The number of aliphatic imine (C=N–C) groups is 1. The van der Waals surface area contributed by atoms with Crippen molar-refractivity contribution in [2.45, 2.75) is 24.1 Å². The Morgan fingerprint density at radius 1 is 1.32 bits per heavy atom. The number of piperidine rings is 1. The molecule has 1 saturated heterocycles. The van der Waals surface area contributed by atoms with Gasteiger partial charge in [-0.25, -0.2) is 0 Å². The third-order valence-electron chi connectivity index (χ3n) is 3.78. The number of nitrogens with zero attached hydrogens (tertiary/aromatic N) is 2. The van der Waals surface area contributed by atoms with Crippen molar-refractivity contribution < 1.29 is 0 Å². The molecule has 2 unspecified atom stereocenters. The van der Waals surface area contributed by atoms with E-state index < -0.39 is 0 Å². The van der Waals surface area contributed by atoms with E-state index in [1.807, 2.05) is 11.8 Å². The standard InChI is InChI=1S/C15H21N3S/c1-18-9-5-8-13(11-18)17-15-16-10-14(19-15)12-6-3-2-4-7-12/h2-4,6-7,13-14H,5,8-11H2,1H3,(H,16,17). The van der Waals surface area contributed by atoms with Gasteiger partial charge in [0, 0.05) is 12.6 Å². The van der Waals surface area contributed by atoms with Gasteiger partial charge in [-0.3, -0.25) is 4.99 Å². The molecule has 102 valence electrons. The highest BCUT2D eigenvalue weighted by atomic mass is 32.2. The second-order valence-corrected chi connectivity index (χ2v) is 6.60. The summed E-state index contributed by atoms with van der Waals surface area (Å²) in [5.41, 5.74) is 1.38. The van der Waals surface area contributed by atoms with Crippen molar-refractivity contribution in [1.29, 1.82) is 0 Å². The first-order chi connectivity index (χ1) is 9.31. The van der Waals surface area contributed by atoms with Gasteiger partial charge in [-0.2, -0.15) is 0 Å². The van der Waals surface area contributed by atoms with Gasteiger partial charge in [0.05, 0.1) is 11.8 Å². The summed E-state index contributed by atoms with van der Waals surface area (Å²) in [6.45, 7) is 3.26. The van der Waals surface area contributed by atoms with Crippen molar-refractivity contribution in [1.82, 2.24) is 10.2 Å². The third-order valence-corrected chi connectivity index (χ3v) is 4.95. The SMILES string of the molecule is CN1CCCC(NC2=NCC(c3ccccc3)S2)C1. The molecule has 0 radical (unpaired) electrons. The fourth-order valence-electron chi connectivity index (χ4n) is 2.75. The van der Waals surface area contributed by atoms with E-state index in [-0.39, 0.29) is 0 Å². The molecule has 19 heavy (non-hydrogen) atoms. The van der Waals surface area contributed by atoms with Crippen LogP contribution in [-0.4, -0.2) is 42.8 Å². The van der Waals surface area contributed by atoms with Crippen molar-refractivity contribution in [3.63, 3.8) is 0 Å². The topological polar surface area (TPSA) is 27.6 Å². The molecule has 0 aliphatic carbocycles. The molecule has 3 rings (SSSR count). The van der Waals surface area contributed by atoms with Crippen molar-refractivity contribution in [2.75, 3.05) is 26.7 Å². The molecule has 2 atom stereocenters. The molecule has 0 spiro atoms. The fraction of sp³-hybridized carbons (Fsp3) is 0.533. The minimum atomic E-state index is 0.491. The molecule has 0 saturated carbocycles. The number of nitrogens with one attached hydrogen (secondary N) is 1. The number of hydrogen-bond donors (Lipinski definition) is 1. The zero-order valence-electron chi connectivity index (χ0n) is 11.4. The largest absolute Gasteiger partial charge is 0.361 e. The zero-order valence-corrected chi connectivity index (χ0v) is 12.2. The van der Waals surface area contributed by atoms with Crippen LogP contribution in [0, 0.1) is 0 Å². The average Bonchev–Trinajstić information content (AvgIpc) is 2.88. The Hall–Kier alpha value is -1.00. The molecule has 2 aliphatic rings. The predicted molar refractivity (Wildman–Crippen MR) is 82.7 cm³/mol. The van der Waals surface area contributed by atoms with Gasteiger partial charge in [-0.15, -0.1) is 0 Å². The molecule has 4 heteroatoms. The molecular formula is C15H21N3S. The van der Waals surface area contributed by atoms with Gasteiger partial charge >= 0.3 is 0 Å². The summed E-state index contributed by atoms with van der Waals surface area (Å²) in [4.78, 5) is 7.06. The Bertz CT molecular complexity index is 446. The normalized spacial score (nSPS) is 28.2. The van der Waals surface area contributed by atoms with Gasteiger partial charge in [0.2, 0.25) is 0 Å². The van der Waals surface area contributed by atoms with Crippen molar-refractivity contribution in [3.8, 4) is 0 Å². The summed E-state index contributed by atoms with van der Waals surface area (Å²) in [6.07, 6.45) is 2.55. The number of hydrogen-bond acceptors (Lipinski definition) is 4. The van der Waals surface area contributed by atoms with Gasteiger partial charge in [0.25, 0.3) is 0 Å². The van der Waals surface area contributed by atoms with Crippen LogP contribution in [0.5, 0.6) is 0 Å². The Kier molecular flexibility index (Phi) is 4.09. The third kappa shape index (κ3) is 3.31. The molecule has 1 aromatic carbocycles. The van der Waals surface area contributed by atoms with Gasteiger partial charge < -0.3 is 10.2 Å². The number of thioether (sulfide) groups is 1.